The third kappa shape index (κ3) is 3.72. The summed E-state index contributed by atoms with van der Waals surface area (Å²) in [4.78, 5) is 9.26. The molecule has 0 fully saturated rings. The lowest BCUT2D eigenvalue weighted by atomic mass is 10.1. The maximum Gasteiger partial charge on any atom is 0.165 e. The Bertz CT molecular complexity index is 611. The monoisotopic (exact) mass is 285 g/mol. The summed E-state index contributed by atoms with van der Waals surface area (Å²) in [5.41, 5.74) is 3.12. The molecule has 0 spiro atoms. The molecule has 0 atom stereocenters. The van der Waals surface area contributed by atoms with Gasteiger partial charge in [-0.25, -0.2) is 9.97 Å². The van der Waals surface area contributed by atoms with Crippen molar-refractivity contribution in [3.05, 3.63) is 35.5 Å². The average Bonchev–Trinajstić information content (AvgIpc) is 2.52. The Kier molecular flexibility index (Phi) is 5.14. The van der Waals surface area contributed by atoms with Crippen molar-refractivity contribution in [1.29, 1.82) is 0 Å². The van der Waals surface area contributed by atoms with Crippen LogP contribution in [0.5, 0.6) is 5.75 Å². The van der Waals surface area contributed by atoms with E-state index in [9.17, 15) is 0 Å². The Morgan fingerprint density at radius 2 is 1.95 bits per heavy atom. The molecule has 1 N–H and O–H groups in total. The highest BCUT2D eigenvalue weighted by Gasteiger charge is 2.11. The summed E-state index contributed by atoms with van der Waals surface area (Å²) in [7, 11) is 1.68. The van der Waals surface area contributed by atoms with Gasteiger partial charge in [0.25, 0.3) is 0 Å². The number of nitrogens with one attached hydrogen (secondary N) is 1. The molecule has 1 aromatic carbocycles. The van der Waals surface area contributed by atoms with Crippen molar-refractivity contribution >= 4 is 5.82 Å². The minimum atomic E-state index is 0.713. The number of hydrogen-bond acceptors (Lipinski definition) is 4. The highest BCUT2D eigenvalue weighted by Crippen LogP contribution is 2.29. The minimum Gasteiger partial charge on any atom is -0.496 e. The van der Waals surface area contributed by atoms with E-state index in [0.717, 1.165) is 47.8 Å². The lowest BCUT2D eigenvalue weighted by Crippen LogP contribution is -2.05. The summed E-state index contributed by atoms with van der Waals surface area (Å²) in [6.45, 7) is 7.19. The van der Waals surface area contributed by atoms with Crippen molar-refractivity contribution in [3.8, 4) is 17.1 Å². The standard InChI is InChI=1S/C17H23N3O/c1-5-9-18-16-11-13(6-2)19-17(20-16)14-8-7-12(3)10-15(14)21-4/h7-8,10-11H,5-6,9H2,1-4H3,(H,18,19,20). The topological polar surface area (TPSA) is 47.0 Å². The second-order valence-electron chi connectivity index (χ2n) is 5.05. The highest BCUT2D eigenvalue weighted by molar-refractivity contribution is 5.66. The van der Waals surface area contributed by atoms with Crippen LogP contribution in [0.25, 0.3) is 11.4 Å². The second kappa shape index (κ2) is 7.07. The maximum atomic E-state index is 5.47. The zero-order valence-corrected chi connectivity index (χ0v) is 13.2. The first-order chi connectivity index (χ1) is 10.2. The van der Waals surface area contributed by atoms with Crippen LogP contribution in [0.4, 0.5) is 5.82 Å². The van der Waals surface area contributed by atoms with Gasteiger partial charge in [0.15, 0.2) is 5.82 Å². The van der Waals surface area contributed by atoms with Gasteiger partial charge in [0, 0.05) is 18.3 Å². The molecule has 21 heavy (non-hydrogen) atoms. The fourth-order valence-corrected chi connectivity index (χ4v) is 2.13. The van der Waals surface area contributed by atoms with Gasteiger partial charge >= 0.3 is 0 Å². The van der Waals surface area contributed by atoms with Crippen LogP contribution in [0.3, 0.4) is 0 Å². The van der Waals surface area contributed by atoms with E-state index >= 15 is 0 Å². The molecule has 0 aliphatic heterocycles. The van der Waals surface area contributed by atoms with Crippen LogP contribution in [0.1, 0.15) is 31.5 Å². The predicted octanol–water partition coefficient (Wildman–Crippen LogP) is 3.84. The zero-order valence-electron chi connectivity index (χ0n) is 13.2. The molecular formula is C17H23N3O. The van der Waals surface area contributed by atoms with Gasteiger partial charge < -0.3 is 10.1 Å². The van der Waals surface area contributed by atoms with Crippen LogP contribution in [-0.2, 0) is 6.42 Å². The Morgan fingerprint density at radius 3 is 2.62 bits per heavy atom. The summed E-state index contributed by atoms with van der Waals surface area (Å²) in [6.07, 6.45) is 1.94. The number of ether oxygens (including phenoxy) is 1. The van der Waals surface area contributed by atoms with Crippen molar-refractivity contribution in [2.75, 3.05) is 19.0 Å². The minimum absolute atomic E-state index is 0.713. The molecule has 0 saturated heterocycles. The molecule has 0 aliphatic carbocycles. The fraction of sp³-hybridized carbons (Fsp3) is 0.412. The van der Waals surface area contributed by atoms with E-state index < -0.39 is 0 Å². The normalized spacial score (nSPS) is 10.5. The highest BCUT2D eigenvalue weighted by atomic mass is 16.5. The third-order valence-electron chi connectivity index (χ3n) is 3.30. The van der Waals surface area contributed by atoms with Gasteiger partial charge in [0.05, 0.1) is 12.7 Å². The molecule has 1 aromatic heterocycles. The largest absolute Gasteiger partial charge is 0.496 e. The van der Waals surface area contributed by atoms with Crippen molar-refractivity contribution in [3.63, 3.8) is 0 Å². The third-order valence-corrected chi connectivity index (χ3v) is 3.30. The molecule has 0 amide bonds. The molecule has 2 aromatic rings. The molecule has 0 bridgehead atoms. The molecule has 4 nitrogen and oxygen atoms in total. The average molecular weight is 285 g/mol. The van der Waals surface area contributed by atoms with Crippen LogP contribution in [0, 0.1) is 6.92 Å². The molecule has 0 radical (unpaired) electrons. The first-order valence-corrected chi connectivity index (χ1v) is 7.44. The number of methoxy groups -OCH3 is 1. The Balaban J connectivity index is 2.47. The van der Waals surface area contributed by atoms with Gasteiger partial charge in [-0.15, -0.1) is 0 Å². The zero-order chi connectivity index (χ0) is 15.2. The number of benzene rings is 1. The fourth-order valence-electron chi connectivity index (χ4n) is 2.13. The summed E-state index contributed by atoms with van der Waals surface area (Å²) >= 11 is 0. The number of aromatic nitrogens is 2. The quantitative estimate of drug-likeness (QED) is 0.876. The van der Waals surface area contributed by atoms with Crippen LogP contribution < -0.4 is 10.1 Å². The Morgan fingerprint density at radius 1 is 1.14 bits per heavy atom. The maximum absolute atomic E-state index is 5.47. The summed E-state index contributed by atoms with van der Waals surface area (Å²) in [6, 6.07) is 8.10. The number of aryl methyl sites for hydroxylation is 2. The first kappa shape index (κ1) is 15.3. The number of hydrogen-bond donors (Lipinski definition) is 1. The van der Waals surface area contributed by atoms with Gasteiger partial charge in [-0.1, -0.05) is 19.9 Å². The van der Waals surface area contributed by atoms with Crippen LogP contribution >= 0.6 is 0 Å². The number of nitrogens with zero attached hydrogens (tertiary/aromatic N) is 2. The lowest BCUT2D eigenvalue weighted by molar-refractivity contribution is 0.416. The van der Waals surface area contributed by atoms with E-state index in [0.29, 0.717) is 5.82 Å². The summed E-state index contributed by atoms with van der Waals surface area (Å²) in [5.74, 6) is 2.40. The van der Waals surface area contributed by atoms with E-state index in [-0.39, 0.29) is 0 Å². The molecule has 0 saturated carbocycles. The van der Waals surface area contributed by atoms with Gasteiger partial charge in [0.2, 0.25) is 0 Å². The summed E-state index contributed by atoms with van der Waals surface area (Å²) < 4.78 is 5.47. The first-order valence-electron chi connectivity index (χ1n) is 7.44. The Hall–Kier alpha value is -2.10. The van der Waals surface area contributed by atoms with Crippen LogP contribution in [0.2, 0.25) is 0 Å². The molecule has 1 heterocycles. The smallest absolute Gasteiger partial charge is 0.165 e. The van der Waals surface area contributed by atoms with Gasteiger partial charge in [-0.3, -0.25) is 0 Å². The molecular weight excluding hydrogens is 262 g/mol. The van der Waals surface area contributed by atoms with Crippen molar-refractivity contribution in [1.82, 2.24) is 9.97 Å². The SMILES string of the molecule is CCCNc1cc(CC)nc(-c2ccc(C)cc2OC)n1. The number of anilines is 1. The lowest BCUT2D eigenvalue weighted by Gasteiger charge is -2.12. The van der Waals surface area contributed by atoms with E-state index in [1.807, 2.05) is 25.1 Å². The van der Waals surface area contributed by atoms with Crippen molar-refractivity contribution in [2.45, 2.75) is 33.6 Å². The molecule has 4 heteroatoms. The van der Waals surface area contributed by atoms with Crippen LogP contribution in [-0.4, -0.2) is 23.6 Å². The van der Waals surface area contributed by atoms with E-state index in [1.54, 1.807) is 7.11 Å². The van der Waals surface area contributed by atoms with Gasteiger partial charge in [-0.05, 0) is 37.5 Å². The molecule has 0 aliphatic rings. The predicted molar refractivity (Wildman–Crippen MR) is 86.9 cm³/mol. The van der Waals surface area contributed by atoms with Crippen LogP contribution in [0.15, 0.2) is 24.3 Å². The molecule has 0 unspecified atom stereocenters. The summed E-state index contributed by atoms with van der Waals surface area (Å²) in [5, 5.41) is 3.34. The van der Waals surface area contributed by atoms with E-state index in [2.05, 4.69) is 35.2 Å². The van der Waals surface area contributed by atoms with E-state index in [1.165, 1.54) is 0 Å². The second-order valence-corrected chi connectivity index (χ2v) is 5.05. The van der Waals surface area contributed by atoms with Crippen molar-refractivity contribution < 1.29 is 4.74 Å². The van der Waals surface area contributed by atoms with Gasteiger partial charge in [-0.2, -0.15) is 0 Å². The molecule has 112 valence electrons. The Labute approximate surface area is 126 Å². The number of rotatable bonds is 6. The van der Waals surface area contributed by atoms with Crippen molar-refractivity contribution in [2.24, 2.45) is 0 Å². The molecule has 2 rings (SSSR count). The van der Waals surface area contributed by atoms with E-state index in [4.69, 9.17) is 4.74 Å². The van der Waals surface area contributed by atoms with Gasteiger partial charge in [0.1, 0.15) is 11.6 Å².